The van der Waals surface area contributed by atoms with E-state index in [9.17, 15) is 9.59 Å². The van der Waals surface area contributed by atoms with Crippen molar-refractivity contribution in [3.8, 4) is 6.07 Å². The van der Waals surface area contributed by atoms with E-state index in [1.165, 1.54) is 6.07 Å². The maximum Gasteiger partial charge on any atom is 0.307 e. The number of hydrogen-bond donors (Lipinski definition) is 1. The van der Waals surface area contributed by atoms with Crippen LogP contribution in [0.25, 0.3) is 0 Å². The van der Waals surface area contributed by atoms with Gasteiger partial charge in [-0.1, -0.05) is 6.92 Å². The zero-order valence-electron chi connectivity index (χ0n) is 8.86. The molecule has 1 aromatic carbocycles. The van der Waals surface area contributed by atoms with Gasteiger partial charge in [-0.15, -0.1) is 0 Å². The zero-order valence-corrected chi connectivity index (χ0v) is 8.86. The quantitative estimate of drug-likeness (QED) is 0.776. The van der Waals surface area contributed by atoms with Crippen molar-refractivity contribution in [1.82, 2.24) is 0 Å². The van der Waals surface area contributed by atoms with Gasteiger partial charge < -0.3 is 5.11 Å². The molecule has 0 saturated carbocycles. The third kappa shape index (κ3) is 2.45. The molecule has 82 valence electrons. The molecule has 0 aliphatic carbocycles. The Hall–Kier alpha value is -2.15. The summed E-state index contributed by atoms with van der Waals surface area (Å²) in [5.41, 5.74) is 1.93. The van der Waals surface area contributed by atoms with E-state index in [4.69, 9.17) is 10.4 Å². The van der Waals surface area contributed by atoms with Gasteiger partial charge in [0.1, 0.15) is 0 Å². The van der Waals surface area contributed by atoms with Crippen molar-refractivity contribution in [1.29, 1.82) is 5.26 Å². The van der Waals surface area contributed by atoms with Crippen LogP contribution in [0, 0.1) is 11.3 Å². The Morgan fingerprint density at radius 3 is 2.62 bits per heavy atom. The predicted octanol–water partition coefficient (Wildman–Crippen LogP) is 1.56. The van der Waals surface area contributed by atoms with Crippen LogP contribution in [0.4, 0.5) is 0 Å². The Morgan fingerprint density at radius 2 is 2.19 bits per heavy atom. The highest BCUT2D eigenvalue weighted by Gasteiger charge is 2.10. The number of carbonyl (C=O) groups excluding carboxylic acids is 1. The van der Waals surface area contributed by atoms with Crippen molar-refractivity contribution < 1.29 is 14.7 Å². The van der Waals surface area contributed by atoms with Gasteiger partial charge in [-0.25, -0.2) is 0 Å². The Morgan fingerprint density at radius 1 is 1.50 bits per heavy atom. The van der Waals surface area contributed by atoms with Crippen LogP contribution in [-0.2, 0) is 17.6 Å². The van der Waals surface area contributed by atoms with Crippen LogP contribution >= 0.6 is 0 Å². The number of nitriles is 1. The summed E-state index contributed by atoms with van der Waals surface area (Å²) in [6, 6.07) is 4.99. The first kappa shape index (κ1) is 11.9. The number of carboxylic acids is 1. The number of nitrogens with zero attached hydrogens (tertiary/aromatic N) is 1. The normalized spacial score (nSPS) is 9.50. The monoisotopic (exact) mass is 217 g/mol. The first-order valence-corrected chi connectivity index (χ1v) is 4.85. The van der Waals surface area contributed by atoms with Crippen molar-refractivity contribution in [2.45, 2.75) is 19.8 Å². The van der Waals surface area contributed by atoms with Crippen LogP contribution in [-0.4, -0.2) is 17.4 Å². The van der Waals surface area contributed by atoms with E-state index in [0.29, 0.717) is 23.8 Å². The summed E-state index contributed by atoms with van der Waals surface area (Å²) in [7, 11) is 0. The van der Waals surface area contributed by atoms with Crippen LogP contribution in [0.1, 0.15) is 34.0 Å². The number of aldehydes is 1. The molecule has 0 fully saturated rings. The molecule has 0 saturated heterocycles. The number of rotatable bonds is 4. The van der Waals surface area contributed by atoms with Crippen LogP contribution < -0.4 is 0 Å². The van der Waals surface area contributed by atoms with E-state index in [1.54, 1.807) is 6.07 Å². The lowest BCUT2D eigenvalue weighted by Crippen LogP contribution is -2.05. The minimum atomic E-state index is -0.948. The zero-order chi connectivity index (χ0) is 12.1. The van der Waals surface area contributed by atoms with E-state index in [2.05, 4.69) is 0 Å². The van der Waals surface area contributed by atoms with Crippen molar-refractivity contribution in [3.63, 3.8) is 0 Å². The summed E-state index contributed by atoms with van der Waals surface area (Å²) in [5, 5.41) is 17.5. The average molecular weight is 217 g/mol. The molecule has 0 aliphatic rings. The van der Waals surface area contributed by atoms with Crippen LogP contribution in [0.15, 0.2) is 12.1 Å². The SMILES string of the molecule is CCc1cc(C#N)c(C=O)cc1CC(=O)O. The van der Waals surface area contributed by atoms with Gasteiger partial charge in [-0.3, -0.25) is 9.59 Å². The van der Waals surface area contributed by atoms with Crippen molar-refractivity contribution in [2.75, 3.05) is 0 Å². The van der Waals surface area contributed by atoms with E-state index in [1.807, 2.05) is 13.0 Å². The van der Waals surface area contributed by atoms with Gasteiger partial charge in [0, 0.05) is 5.56 Å². The van der Waals surface area contributed by atoms with Crippen molar-refractivity contribution in [2.24, 2.45) is 0 Å². The number of benzene rings is 1. The number of aryl methyl sites for hydroxylation is 1. The molecular weight excluding hydrogens is 206 g/mol. The minimum absolute atomic E-state index is 0.129. The molecule has 1 N–H and O–H groups in total. The summed E-state index contributed by atoms with van der Waals surface area (Å²) in [4.78, 5) is 21.4. The Kier molecular flexibility index (Phi) is 3.78. The molecule has 1 rings (SSSR count). The number of hydrogen-bond acceptors (Lipinski definition) is 3. The lowest BCUT2D eigenvalue weighted by atomic mass is 9.96. The maximum absolute atomic E-state index is 10.7. The number of carbonyl (C=O) groups is 2. The lowest BCUT2D eigenvalue weighted by molar-refractivity contribution is -0.136. The summed E-state index contributed by atoms with van der Waals surface area (Å²) in [6.45, 7) is 1.88. The van der Waals surface area contributed by atoms with Gasteiger partial charge >= 0.3 is 5.97 Å². The van der Waals surface area contributed by atoms with Crippen LogP contribution in [0.3, 0.4) is 0 Å². The largest absolute Gasteiger partial charge is 0.481 e. The number of carboxylic acid groups (broad SMARTS) is 1. The highest BCUT2D eigenvalue weighted by molar-refractivity contribution is 5.81. The second-order valence-electron chi connectivity index (χ2n) is 3.36. The van der Waals surface area contributed by atoms with E-state index >= 15 is 0 Å². The van der Waals surface area contributed by atoms with Gasteiger partial charge in [0.2, 0.25) is 0 Å². The number of aliphatic carboxylic acids is 1. The smallest absolute Gasteiger partial charge is 0.307 e. The minimum Gasteiger partial charge on any atom is -0.481 e. The molecule has 0 heterocycles. The molecular formula is C12H11NO3. The second-order valence-corrected chi connectivity index (χ2v) is 3.36. The van der Waals surface area contributed by atoms with Crippen molar-refractivity contribution >= 4 is 12.3 Å². The molecule has 0 radical (unpaired) electrons. The Balaban J connectivity index is 3.32. The third-order valence-corrected chi connectivity index (χ3v) is 2.34. The summed E-state index contributed by atoms with van der Waals surface area (Å²) in [6.07, 6.45) is 1.08. The molecule has 0 unspecified atom stereocenters. The first-order chi connectivity index (χ1) is 7.62. The van der Waals surface area contributed by atoms with E-state index in [0.717, 1.165) is 5.56 Å². The fourth-order valence-electron chi connectivity index (χ4n) is 1.56. The van der Waals surface area contributed by atoms with E-state index in [-0.39, 0.29) is 12.0 Å². The maximum atomic E-state index is 10.7. The van der Waals surface area contributed by atoms with Gasteiger partial charge in [-0.05, 0) is 29.7 Å². The fourth-order valence-corrected chi connectivity index (χ4v) is 1.56. The van der Waals surface area contributed by atoms with Gasteiger partial charge in [-0.2, -0.15) is 5.26 Å². The summed E-state index contributed by atoms with van der Waals surface area (Å²) < 4.78 is 0. The van der Waals surface area contributed by atoms with Gasteiger partial charge in [0.15, 0.2) is 6.29 Å². The molecule has 0 amide bonds. The highest BCUT2D eigenvalue weighted by Crippen LogP contribution is 2.17. The fraction of sp³-hybridized carbons (Fsp3) is 0.250. The standard InChI is InChI=1S/C12H11NO3/c1-2-8-3-10(6-13)11(7-14)4-9(8)5-12(15)16/h3-4,7H,2,5H2,1H3,(H,15,16). The predicted molar refractivity (Wildman–Crippen MR) is 57.3 cm³/mol. The molecule has 1 aromatic rings. The topological polar surface area (TPSA) is 78.2 Å². The van der Waals surface area contributed by atoms with E-state index < -0.39 is 5.97 Å². The van der Waals surface area contributed by atoms with Gasteiger partial charge in [0.05, 0.1) is 18.1 Å². The van der Waals surface area contributed by atoms with Crippen LogP contribution in [0.5, 0.6) is 0 Å². The molecule has 0 aromatic heterocycles. The van der Waals surface area contributed by atoms with Crippen molar-refractivity contribution in [3.05, 3.63) is 34.4 Å². The molecule has 0 atom stereocenters. The molecule has 4 nitrogen and oxygen atoms in total. The molecule has 0 bridgehead atoms. The highest BCUT2D eigenvalue weighted by atomic mass is 16.4. The molecule has 0 spiro atoms. The summed E-state index contributed by atoms with van der Waals surface area (Å²) >= 11 is 0. The first-order valence-electron chi connectivity index (χ1n) is 4.85. The molecule has 4 heteroatoms. The average Bonchev–Trinajstić information content (AvgIpc) is 2.27. The Bertz CT molecular complexity index is 472. The second kappa shape index (κ2) is 5.08. The lowest BCUT2D eigenvalue weighted by Gasteiger charge is -2.07. The third-order valence-electron chi connectivity index (χ3n) is 2.34. The van der Waals surface area contributed by atoms with Crippen LogP contribution in [0.2, 0.25) is 0 Å². The molecule has 0 aliphatic heterocycles. The van der Waals surface area contributed by atoms with Gasteiger partial charge in [0.25, 0.3) is 0 Å². The molecule has 16 heavy (non-hydrogen) atoms. The summed E-state index contributed by atoms with van der Waals surface area (Å²) in [5.74, 6) is -0.948. The Labute approximate surface area is 93.1 Å².